The average Bonchev–Trinajstić information content (AvgIpc) is 2.69. The molecule has 0 atom stereocenters. The quantitative estimate of drug-likeness (QED) is 0.847. The maximum absolute atomic E-state index is 12.8. The van der Waals surface area contributed by atoms with Crippen molar-refractivity contribution in [2.75, 3.05) is 31.6 Å². The van der Waals surface area contributed by atoms with Crippen LogP contribution in [0, 0.1) is 5.41 Å². The largest absolute Gasteiger partial charge is 0.381 e. The fourth-order valence-electron chi connectivity index (χ4n) is 4.20. The minimum Gasteiger partial charge on any atom is -0.381 e. The van der Waals surface area contributed by atoms with Crippen LogP contribution in [0.4, 0.5) is 10.5 Å². The molecule has 4 rings (SSSR count). The third kappa shape index (κ3) is 3.75. The Balaban J connectivity index is 1.45. The number of hydrogen-bond donors (Lipinski definition) is 1. The van der Waals surface area contributed by atoms with E-state index in [4.69, 9.17) is 4.74 Å². The van der Waals surface area contributed by atoms with Crippen LogP contribution in [0.15, 0.2) is 54.6 Å². The zero-order valence-electron chi connectivity index (χ0n) is 15.1. The van der Waals surface area contributed by atoms with Crippen LogP contribution < -0.4 is 5.32 Å². The standard InChI is InChI=1S/C22H26N2O2/c25-21(24-13-5-10-22(17-24)11-14-26-15-12-22)23-20-9-4-8-19(16-20)18-6-2-1-3-7-18/h1-4,6-9,16H,5,10-15,17H2,(H,23,25). The first-order valence-electron chi connectivity index (χ1n) is 9.53. The van der Waals surface area contributed by atoms with Gasteiger partial charge in [0.25, 0.3) is 0 Å². The van der Waals surface area contributed by atoms with Gasteiger partial charge >= 0.3 is 6.03 Å². The smallest absolute Gasteiger partial charge is 0.321 e. The number of nitrogens with zero attached hydrogens (tertiary/aromatic N) is 1. The molecule has 0 aromatic heterocycles. The molecule has 0 aliphatic carbocycles. The molecule has 2 saturated heterocycles. The number of benzene rings is 2. The molecule has 2 heterocycles. The molecule has 0 unspecified atom stereocenters. The maximum atomic E-state index is 12.8. The summed E-state index contributed by atoms with van der Waals surface area (Å²) in [4.78, 5) is 14.8. The van der Waals surface area contributed by atoms with Gasteiger partial charge in [0.05, 0.1) is 0 Å². The highest BCUT2D eigenvalue weighted by Gasteiger charge is 2.38. The zero-order valence-corrected chi connectivity index (χ0v) is 15.1. The third-order valence-electron chi connectivity index (χ3n) is 5.72. The van der Waals surface area contributed by atoms with E-state index in [0.717, 1.165) is 62.4 Å². The fraction of sp³-hybridized carbons (Fsp3) is 0.409. The van der Waals surface area contributed by atoms with Gasteiger partial charge in [-0.05, 0) is 54.4 Å². The molecule has 136 valence electrons. The van der Waals surface area contributed by atoms with Gasteiger partial charge in [0.2, 0.25) is 0 Å². The molecule has 1 N–H and O–H groups in total. The van der Waals surface area contributed by atoms with Gasteiger partial charge in [0.1, 0.15) is 0 Å². The highest BCUT2D eigenvalue weighted by molar-refractivity contribution is 5.90. The van der Waals surface area contributed by atoms with Crippen molar-refractivity contribution >= 4 is 11.7 Å². The van der Waals surface area contributed by atoms with E-state index >= 15 is 0 Å². The number of hydrogen-bond acceptors (Lipinski definition) is 2. The Kier molecular flexibility index (Phi) is 4.93. The number of nitrogens with one attached hydrogen (secondary N) is 1. The number of piperidine rings is 1. The SMILES string of the molecule is O=C(Nc1cccc(-c2ccccc2)c1)N1CCCC2(CCOCC2)C1. The van der Waals surface area contributed by atoms with E-state index in [2.05, 4.69) is 23.5 Å². The molecule has 2 aliphatic rings. The number of carbonyl (C=O) groups excluding carboxylic acids is 1. The van der Waals surface area contributed by atoms with Crippen LogP contribution in [0.5, 0.6) is 0 Å². The lowest BCUT2D eigenvalue weighted by Gasteiger charge is -2.45. The second-order valence-electron chi connectivity index (χ2n) is 7.51. The summed E-state index contributed by atoms with van der Waals surface area (Å²) in [5, 5.41) is 3.10. The molecule has 4 heteroatoms. The number of rotatable bonds is 2. The van der Waals surface area contributed by atoms with Crippen molar-refractivity contribution in [3.63, 3.8) is 0 Å². The van der Waals surface area contributed by atoms with Crippen molar-refractivity contribution in [3.05, 3.63) is 54.6 Å². The topological polar surface area (TPSA) is 41.6 Å². The maximum Gasteiger partial charge on any atom is 0.321 e. The minimum atomic E-state index is 0.0146. The van der Waals surface area contributed by atoms with Gasteiger partial charge in [0.15, 0.2) is 0 Å². The Morgan fingerprint density at radius 1 is 0.962 bits per heavy atom. The molecule has 2 amide bonds. The summed E-state index contributed by atoms with van der Waals surface area (Å²) in [5.41, 5.74) is 3.38. The number of anilines is 1. The van der Waals surface area contributed by atoms with Crippen molar-refractivity contribution in [1.29, 1.82) is 0 Å². The molecule has 1 spiro atoms. The number of carbonyl (C=O) groups is 1. The Morgan fingerprint density at radius 2 is 1.73 bits per heavy atom. The molecule has 0 radical (unpaired) electrons. The van der Waals surface area contributed by atoms with Gasteiger partial charge in [0, 0.05) is 32.0 Å². The molecular weight excluding hydrogens is 324 g/mol. The van der Waals surface area contributed by atoms with E-state index < -0.39 is 0 Å². The van der Waals surface area contributed by atoms with Crippen molar-refractivity contribution in [2.45, 2.75) is 25.7 Å². The van der Waals surface area contributed by atoms with Crippen LogP contribution in [-0.4, -0.2) is 37.2 Å². The van der Waals surface area contributed by atoms with Crippen LogP contribution in [0.3, 0.4) is 0 Å². The van der Waals surface area contributed by atoms with Crippen molar-refractivity contribution in [3.8, 4) is 11.1 Å². The molecule has 2 fully saturated rings. The number of ether oxygens (including phenoxy) is 1. The summed E-state index contributed by atoms with van der Waals surface area (Å²) < 4.78 is 5.52. The van der Waals surface area contributed by atoms with Crippen LogP contribution in [0.2, 0.25) is 0 Å². The van der Waals surface area contributed by atoms with Gasteiger partial charge < -0.3 is 15.0 Å². The second-order valence-corrected chi connectivity index (χ2v) is 7.51. The molecule has 4 nitrogen and oxygen atoms in total. The van der Waals surface area contributed by atoms with E-state index in [9.17, 15) is 4.79 Å². The number of urea groups is 1. The molecular formula is C22H26N2O2. The first-order valence-corrected chi connectivity index (χ1v) is 9.53. The highest BCUT2D eigenvalue weighted by Crippen LogP contribution is 2.39. The van der Waals surface area contributed by atoms with Gasteiger partial charge in [-0.15, -0.1) is 0 Å². The van der Waals surface area contributed by atoms with Gasteiger partial charge in [-0.1, -0.05) is 42.5 Å². The predicted molar refractivity (Wildman–Crippen MR) is 104 cm³/mol. The Labute approximate surface area is 155 Å². The zero-order chi connectivity index (χ0) is 17.8. The van der Waals surface area contributed by atoms with Gasteiger partial charge in [-0.25, -0.2) is 4.79 Å². The summed E-state index contributed by atoms with van der Waals surface area (Å²) in [5.74, 6) is 0. The lowest BCUT2D eigenvalue weighted by Crippen LogP contribution is -2.49. The molecule has 0 saturated carbocycles. The first-order chi connectivity index (χ1) is 12.7. The van der Waals surface area contributed by atoms with E-state index in [1.807, 2.05) is 41.3 Å². The minimum absolute atomic E-state index is 0.0146. The Morgan fingerprint density at radius 3 is 2.54 bits per heavy atom. The lowest BCUT2D eigenvalue weighted by molar-refractivity contribution is -0.0175. The van der Waals surface area contributed by atoms with E-state index in [1.54, 1.807) is 0 Å². The van der Waals surface area contributed by atoms with Crippen molar-refractivity contribution < 1.29 is 9.53 Å². The summed E-state index contributed by atoms with van der Waals surface area (Å²) in [6.45, 7) is 3.34. The van der Waals surface area contributed by atoms with Crippen LogP contribution >= 0.6 is 0 Å². The van der Waals surface area contributed by atoms with Crippen LogP contribution in [-0.2, 0) is 4.74 Å². The second kappa shape index (κ2) is 7.50. The first kappa shape index (κ1) is 17.1. The van der Waals surface area contributed by atoms with Gasteiger partial charge in [-0.3, -0.25) is 0 Å². The Bertz CT molecular complexity index is 748. The highest BCUT2D eigenvalue weighted by atomic mass is 16.5. The summed E-state index contributed by atoms with van der Waals surface area (Å²) in [6.07, 6.45) is 4.43. The molecule has 2 aromatic rings. The van der Waals surface area contributed by atoms with E-state index in [0.29, 0.717) is 0 Å². The summed E-state index contributed by atoms with van der Waals surface area (Å²) >= 11 is 0. The monoisotopic (exact) mass is 350 g/mol. The normalized spacial score (nSPS) is 19.3. The molecule has 2 aliphatic heterocycles. The van der Waals surface area contributed by atoms with Crippen LogP contribution in [0.1, 0.15) is 25.7 Å². The summed E-state index contributed by atoms with van der Waals surface area (Å²) in [6, 6.07) is 18.3. The van der Waals surface area contributed by atoms with E-state index in [-0.39, 0.29) is 11.4 Å². The molecule has 26 heavy (non-hydrogen) atoms. The third-order valence-corrected chi connectivity index (χ3v) is 5.72. The van der Waals surface area contributed by atoms with Gasteiger partial charge in [-0.2, -0.15) is 0 Å². The van der Waals surface area contributed by atoms with Crippen LogP contribution in [0.25, 0.3) is 11.1 Å². The van der Waals surface area contributed by atoms with Crippen molar-refractivity contribution in [1.82, 2.24) is 4.90 Å². The van der Waals surface area contributed by atoms with Crippen molar-refractivity contribution in [2.24, 2.45) is 5.41 Å². The molecule has 0 bridgehead atoms. The Hall–Kier alpha value is -2.33. The van der Waals surface area contributed by atoms with E-state index in [1.165, 1.54) is 6.42 Å². The number of likely N-dealkylation sites (tertiary alicyclic amines) is 1. The number of amides is 2. The average molecular weight is 350 g/mol. The molecule has 2 aromatic carbocycles. The lowest BCUT2D eigenvalue weighted by atomic mass is 9.74. The predicted octanol–water partition coefficient (Wildman–Crippen LogP) is 4.78. The summed E-state index contributed by atoms with van der Waals surface area (Å²) in [7, 11) is 0. The fourth-order valence-corrected chi connectivity index (χ4v) is 4.20.